The Kier molecular flexibility index (Phi) is 3.98. The van der Waals surface area contributed by atoms with E-state index in [0.29, 0.717) is 5.56 Å². The summed E-state index contributed by atoms with van der Waals surface area (Å²) in [6.45, 7) is 0. The van der Waals surface area contributed by atoms with Gasteiger partial charge in [-0.1, -0.05) is 29.9 Å². The third-order valence-corrected chi connectivity index (χ3v) is 2.04. The molecule has 0 aromatic heterocycles. The normalized spacial score (nSPS) is 11.2. The second-order valence-electron chi connectivity index (χ2n) is 2.96. The molecular formula is C9H7ClF3NOS. The summed E-state index contributed by atoms with van der Waals surface area (Å²) in [5.74, 6) is -0.444. The Morgan fingerprint density at radius 3 is 2.50 bits per heavy atom. The van der Waals surface area contributed by atoms with Crippen LogP contribution in [0.5, 0.6) is 5.75 Å². The average molecular weight is 270 g/mol. The van der Waals surface area contributed by atoms with Gasteiger partial charge in [-0.2, -0.15) is 0 Å². The Labute approximate surface area is 100 Å². The predicted octanol–water partition coefficient (Wildman–Crippen LogP) is 3.07. The molecule has 0 heterocycles. The molecule has 0 spiro atoms. The molecule has 0 bridgehead atoms. The van der Waals surface area contributed by atoms with Gasteiger partial charge in [-0.05, 0) is 17.7 Å². The lowest BCUT2D eigenvalue weighted by molar-refractivity contribution is -0.274. The van der Waals surface area contributed by atoms with Crippen LogP contribution in [0.15, 0.2) is 18.2 Å². The molecule has 1 aromatic rings. The molecule has 1 rings (SSSR count). The first-order valence-electron chi connectivity index (χ1n) is 4.10. The number of benzene rings is 1. The van der Waals surface area contributed by atoms with Crippen molar-refractivity contribution in [2.45, 2.75) is 12.8 Å². The van der Waals surface area contributed by atoms with E-state index >= 15 is 0 Å². The molecule has 2 nitrogen and oxygen atoms in total. The highest BCUT2D eigenvalue weighted by Gasteiger charge is 2.31. The summed E-state index contributed by atoms with van der Waals surface area (Å²) in [7, 11) is 0. The molecule has 88 valence electrons. The lowest BCUT2D eigenvalue weighted by Crippen LogP contribution is -2.17. The summed E-state index contributed by atoms with van der Waals surface area (Å²) in [5, 5.41) is -0.133. The van der Waals surface area contributed by atoms with Gasteiger partial charge in [0.2, 0.25) is 0 Å². The number of hydrogen-bond acceptors (Lipinski definition) is 2. The van der Waals surface area contributed by atoms with Crippen LogP contribution in [0.25, 0.3) is 0 Å². The molecule has 0 atom stereocenters. The zero-order valence-electron chi connectivity index (χ0n) is 7.84. The maximum atomic E-state index is 11.9. The highest BCUT2D eigenvalue weighted by Crippen LogP contribution is 2.30. The van der Waals surface area contributed by atoms with Gasteiger partial charge < -0.3 is 10.5 Å². The van der Waals surface area contributed by atoms with E-state index in [2.05, 4.69) is 17.0 Å². The minimum atomic E-state index is -4.76. The van der Waals surface area contributed by atoms with Crippen molar-refractivity contribution in [1.29, 1.82) is 0 Å². The molecule has 7 heteroatoms. The van der Waals surface area contributed by atoms with Crippen molar-refractivity contribution in [3.63, 3.8) is 0 Å². The monoisotopic (exact) mass is 269 g/mol. The van der Waals surface area contributed by atoms with Gasteiger partial charge in [0.1, 0.15) is 5.75 Å². The Morgan fingerprint density at radius 1 is 1.44 bits per heavy atom. The minimum Gasteiger partial charge on any atom is -0.404 e. The fourth-order valence-electron chi connectivity index (χ4n) is 1.06. The van der Waals surface area contributed by atoms with Crippen molar-refractivity contribution in [3.05, 3.63) is 28.8 Å². The van der Waals surface area contributed by atoms with E-state index in [1.807, 2.05) is 0 Å². The number of alkyl halides is 3. The first-order valence-corrected chi connectivity index (χ1v) is 4.89. The summed E-state index contributed by atoms with van der Waals surface area (Å²) in [4.78, 5) is 0.237. The SMILES string of the molecule is NC(=S)Cc1ccc(OC(F)(F)F)c(Cl)c1. The summed E-state index contributed by atoms with van der Waals surface area (Å²) in [6.07, 6.45) is -4.48. The molecule has 1 aromatic carbocycles. The van der Waals surface area contributed by atoms with Gasteiger partial charge in [0.25, 0.3) is 0 Å². The van der Waals surface area contributed by atoms with Crippen molar-refractivity contribution >= 4 is 28.8 Å². The maximum Gasteiger partial charge on any atom is 0.573 e. The Hall–Kier alpha value is -1.01. The van der Waals surface area contributed by atoms with Crippen LogP contribution in [-0.2, 0) is 6.42 Å². The fourth-order valence-corrected chi connectivity index (χ4v) is 1.47. The van der Waals surface area contributed by atoms with Crippen molar-refractivity contribution in [3.8, 4) is 5.75 Å². The van der Waals surface area contributed by atoms with E-state index in [1.165, 1.54) is 12.1 Å². The first-order chi connectivity index (χ1) is 7.28. The van der Waals surface area contributed by atoms with Gasteiger partial charge in [-0.3, -0.25) is 0 Å². The zero-order chi connectivity index (χ0) is 12.3. The number of halogens is 4. The second-order valence-corrected chi connectivity index (χ2v) is 3.89. The molecule has 0 aliphatic carbocycles. The third kappa shape index (κ3) is 4.24. The van der Waals surface area contributed by atoms with E-state index in [9.17, 15) is 13.2 Å². The number of thiocarbonyl (C=S) groups is 1. The van der Waals surface area contributed by atoms with E-state index in [4.69, 9.17) is 17.3 Å². The zero-order valence-corrected chi connectivity index (χ0v) is 9.42. The maximum absolute atomic E-state index is 11.9. The highest BCUT2D eigenvalue weighted by atomic mass is 35.5. The first kappa shape index (κ1) is 13.1. The summed E-state index contributed by atoms with van der Waals surface area (Å²) in [5.41, 5.74) is 5.92. The topological polar surface area (TPSA) is 35.2 Å². The van der Waals surface area contributed by atoms with Gasteiger partial charge in [0, 0.05) is 6.42 Å². The van der Waals surface area contributed by atoms with Crippen LogP contribution in [0.4, 0.5) is 13.2 Å². The van der Waals surface area contributed by atoms with Gasteiger partial charge >= 0.3 is 6.36 Å². The van der Waals surface area contributed by atoms with E-state index in [0.717, 1.165) is 6.07 Å². The van der Waals surface area contributed by atoms with Crippen LogP contribution >= 0.6 is 23.8 Å². The number of rotatable bonds is 3. The van der Waals surface area contributed by atoms with Crippen molar-refractivity contribution in [1.82, 2.24) is 0 Å². The molecule has 0 fully saturated rings. The lowest BCUT2D eigenvalue weighted by atomic mass is 10.1. The fraction of sp³-hybridized carbons (Fsp3) is 0.222. The van der Waals surface area contributed by atoms with Crippen LogP contribution in [-0.4, -0.2) is 11.4 Å². The molecule has 16 heavy (non-hydrogen) atoms. The Bertz CT molecular complexity index is 408. The van der Waals surface area contributed by atoms with Crippen molar-refractivity contribution in [2.24, 2.45) is 5.73 Å². The van der Waals surface area contributed by atoms with E-state index in [-0.39, 0.29) is 16.4 Å². The molecule has 2 N–H and O–H groups in total. The Balaban J connectivity index is 2.87. The summed E-state index contributed by atoms with van der Waals surface area (Å²) in [6, 6.07) is 3.89. The van der Waals surface area contributed by atoms with Crippen LogP contribution < -0.4 is 10.5 Å². The molecule has 0 aliphatic rings. The van der Waals surface area contributed by atoms with E-state index < -0.39 is 12.1 Å². The summed E-state index contributed by atoms with van der Waals surface area (Å²) >= 11 is 10.3. The van der Waals surface area contributed by atoms with Crippen LogP contribution in [0.1, 0.15) is 5.56 Å². The molecule has 0 saturated carbocycles. The standard InChI is InChI=1S/C9H7ClF3NOS/c10-6-3-5(4-8(14)16)1-2-7(6)15-9(11,12)13/h1-3H,4H2,(H2,14,16). The Morgan fingerprint density at radius 2 is 2.06 bits per heavy atom. The molecule has 0 unspecified atom stereocenters. The lowest BCUT2D eigenvalue weighted by Gasteiger charge is -2.11. The van der Waals surface area contributed by atoms with Crippen molar-refractivity contribution < 1.29 is 17.9 Å². The molecule has 0 aliphatic heterocycles. The number of nitrogens with two attached hydrogens (primary N) is 1. The highest BCUT2D eigenvalue weighted by molar-refractivity contribution is 7.80. The third-order valence-electron chi connectivity index (χ3n) is 1.60. The summed E-state index contributed by atoms with van der Waals surface area (Å²) < 4.78 is 39.4. The largest absolute Gasteiger partial charge is 0.573 e. The molecule has 0 saturated heterocycles. The van der Waals surface area contributed by atoms with E-state index in [1.54, 1.807) is 0 Å². The number of ether oxygens (including phenoxy) is 1. The van der Waals surface area contributed by atoms with Crippen LogP contribution in [0, 0.1) is 0 Å². The smallest absolute Gasteiger partial charge is 0.404 e. The van der Waals surface area contributed by atoms with Gasteiger partial charge in [0.15, 0.2) is 0 Å². The van der Waals surface area contributed by atoms with Gasteiger partial charge in [-0.25, -0.2) is 0 Å². The average Bonchev–Trinajstić information content (AvgIpc) is 2.06. The van der Waals surface area contributed by atoms with Gasteiger partial charge in [0.05, 0.1) is 10.0 Å². The second kappa shape index (κ2) is 4.88. The molecule has 0 amide bonds. The van der Waals surface area contributed by atoms with Crippen LogP contribution in [0.2, 0.25) is 5.02 Å². The van der Waals surface area contributed by atoms with Crippen LogP contribution in [0.3, 0.4) is 0 Å². The predicted molar refractivity (Wildman–Crippen MR) is 58.6 cm³/mol. The van der Waals surface area contributed by atoms with Crippen molar-refractivity contribution in [2.75, 3.05) is 0 Å². The van der Waals surface area contributed by atoms with Gasteiger partial charge in [-0.15, -0.1) is 13.2 Å². The minimum absolute atomic E-state index is 0.133. The molecule has 0 radical (unpaired) electrons. The molecular weight excluding hydrogens is 263 g/mol. The quantitative estimate of drug-likeness (QED) is 0.857. The number of hydrogen-bond donors (Lipinski definition) is 1.